The molecule has 4 heteroatoms. The Balaban J connectivity index is 2.84. The Morgan fingerprint density at radius 2 is 1.86 bits per heavy atom. The molecule has 76 valence electrons. The van der Waals surface area contributed by atoms with Crippen molar-refractivity contribution < 1.29 is 9.90 Å². The summed E-state index contributed by atoms with van der Waals surface area (Å²) < 4.78 is 0. The smallest absolute Gasteiger partial charge is 0.234 e. The van der Waals surface area contributed by atoms with Crippen molar-refractivity contribution in [3.05, 3.63) is 29.8 Å². The minimum Gasteiger partial charge on any atom is -0.508 e. The van der Waals surface area contributed by atoms with Crippen LogP contribution in [0.15, 0.2) is 24.3 Å². The molecule has 2 atom stereocenters. The maximum atomic E-state index is 10.8. The molecule has 0 fully saturated rings. The number of nitrogens with two attached hydrogens (primary N) is 2. The highest BCUT2D eigenvalue weighted by atomic mass is 16.3. The van der Waals surface area contributed by atoms with Crippen molar-refractivity contribution in [2.45, 2.75) is 18.9 Å². The van der Waals surface area contributed by atoms with Gasteiger partial charge >= 0.3 is 0 Å². The van der Waals surface area contributed by atoms with E-state index in [9.17, 15) is 4.79 Å². The van der Waals surface area contributed by atoms with Crippen LogP contribution in [-0.2, 0) is 4.79 Å². The van der Waals surface area contributed by atoms with Crippen LogP contribution in [0, 0.1) is 0 Å². The molecule has 0 spiro atoms. The zero-order chi connectivity index (χ0) is 10.7. The number of phenolic OH excluding ortho intramolecular Hbond substituents is 1. The van der Waals surface area contributed by atoms with Gasteiger partial charge in [0.1, 0.15) is 5.75 Å². The summed E-state index contributed by atoms with van der Waals surface area (Å²) in [6, 6.07) is 5.87. The molecule has 1 amide bonds. The number of rotatable bonds is 3. The molecule has 4 nitrogen and oxygen atoms in total. The highest BCUT2D eigenvalue weighted by Crippen LogP contribution is 2.20. The van der Waals surface area contributed by atoms with Crippen LogP contribution in [0.1, 0.15) is 18.4 Å². The summed E-state index contributed by atoms with van der Waals surface area (Å²) in [5.74, 6) is -0.479. The zero-order valence-electron chi connectivity index (χ0n) is 7.97. The Hall–Kier alpha value is -1.55. The van der Waals surface area contributed by atoms with E-state index in [0.717, 1.165) is 5.56 Å². The number of carbonyl (C=O) groups is 1. The van der Waals surface area contributed by atoms with Gasteiger partial charge in [0.05, 0.1) is 6.04 Å². The fraction of sp³-hybridized carbons (Fsp3) is 0.300. The van der Waals surface area contributed by atoms with Gasteiger partial charge in [-0.05, 0) is 17.7 Å². The lowest BCUT2D eigenvalue weighted by atomic mass is 9.93. The highest BCUT2D eigenvalue weighted by molar-refractivity contribution is 5.80. The van der Waals surface area contributed by atoms with E-state index in [0.29, 0.717) is 0 Å². The van der Waals surface area contributed by atoms with Gasteiger partial charge in [0.2, 0.25) is 5.91 Å². The number of hydrogen-bond donors (Lipinski definition) is 3. The lowest BCUT2D eigenvalue weighted by Crippen LogP contribution is -2.40. The molecule has 0 bridgehead atoms. The van der Waals surface area contributed by atoms with Gasteiger partial charge in [-0.15, -0.1) is 0 Å². The van der Waals surface area contributed by atoms with Crippen LogP contribution < -0.4 is 11.5 Å². The van der Waals surface area contributed by atoms with Crippen molar-refractivity contribution in [2.75, 3.05) is 0 Å². The molecule has 1 aromatic rings. The SMILES string of the molecule is CC(c1ccc(O)cc1)C(N)C(N)=O. The average Bonchev–Trinajstić information content (AvgIpc) is 2.16. The second-order valence-electron chi connectivity index (χ2n) is 3.31. The first kappa shape index (κ1) is 10.5. The predicted octanol–water partition coefficient (Wildman–Crippen LogP) is 0.308. The van der Waals surface area contributed by atoms with E-state index in [4.69, 9.17) is 16.6 Å². The van der Waals surface area contributed by atoms with Crippen LogP contribution in [0.4, 0.5) is 0 Å². The summed E-state index contributed by atoms with van der Waals surface area (Å²) in [4.78, 5) is 10.8. The van der Waals surface area contributed by atoms with Crippen LogP contribution in [0.2, 0.25) is 0 Å². The molecule has 0 aliphatic rings. The first-order valence-electron chi connectivity index (χ1n) is 4.36. The van der Waals surface area contributed by atoms with Crippen molar-refractivity contribution in [1.82, 2.24) is 0 Å². The van der Waals surface area contributed by atoms with Gasteiger partial charge < -0.3 is 16.6 Å². The second kappa shape index (κ2) is 4.11. The molecule has 2 unspecified atom stereocenters. The molecule has 0 aliphatic carbocycles. The van der Waals surface area contributed by atoms with Crippen molar-refractivity contribution in [2.24, 2.45) is 11.5 Å². The summed E-state index contributed by atoms with van der Waals surface area (Å²) in [5, 5.41) is 9.06. The normalized spacial score (nSPS) is 14.7. The zero-order valence-corrected chi connectivity index (χ0v) is 7.97. The van der Waals surface area contributed by atoms with E-state index < -0.39 is 11.9 Å². The van der Waals surface area contributed by atoms with Crippen molar-refractivity contribution in [3.63, 3.8) is 0 Å². The van der Waals surface area contributed by atoms with Gasteiger partial charge in [0, 0.05) is 5.92 Å². The minimum atomic E-state index is -0.695. The van der Waals surface area contributed by atoms with Gasteiger partial charge in [-0.3, -0.25) is 4.79 Å². The molecule has 0 saturated carbocycles. The number of hydrogen-bond acceptors (Lipinski definition) is 3. The maximum absolute atomic E-state index is 10.8. The summed E-state index contributed by atoms with van der Waals surface area (Å²) in [5.41, 5.74) is 11.6. The van der Waals surface area contributed by atoms with Crippen LogP contribution in [-0.4, -0.2) is 17.1 Å². The van der Waals surface area contributed by atoms with Crippen molar-refractivity contribution in [1.29, 1.82) is 0 Å². The third kappa shape index (κ3) is 2.23. The van der Waals surface area contributed by atoms with Gasteiger partial charge in [0.25, 0.3) is 0 Å². The van der Waals surface area contributed by atoms with Gasteiger partial charge in [-0.25, -0.2) is 0 Å². The Morgan fingerprint density at radius 3 is 2.29 bits per heavy atom. The molecule has 0 heterocycles. The summed E-state index contributed by atoms with van der Waals surface area (Å²) >= 11 is 0. The van der Waals surface area contributed by atoms with E-state index in [-0.39, 0.29) is 11.7 Å². The number of primary amides is 1. The number of benzene rings is 1. The molecule has 0 radical (unpaired) electrons. The Morgan fingerprint density at radius 1 is 1.36 bits per heavy atom. The molecule has 14 heavy (non-hydrogen) atoms. The largest absolute Gasteiger partial charge is 0.508 e. The first-order valence-corrected chi connectivity index (χ1v) is 4.36. The fourth-order valence-corrected chi connectivity index (χ4v) is 1.23. The van der Waals surface area contributed by atoms with Gasteiger partial charge in [0.15, 0.2) is 0 Å². The molecule has 0 aliphatic heterocycles. The lowest BCUT2D eigenvalue weighted by Gasteiger charge is -2.16. The molecule has 1 aromatic carbocycles. The maximum Gasteiger partial charge on any atom is 0.234 e. The summed E-state index contributed by atoms with van der Waals surface area (Å²) in [6.07, 6.45) is 0. The standard InChI is InChI=1S/C10H14N2O2/c1-6(9(11)10(12)14)7-2-4-8(13)5-3-7/h2-6,9,13H,11H2,1H3,(H2,12,14). The van der Waals surface area contributed by atoms with Crippen LogP contribution in [0.25, 0.3) is 0 Å². The van der Waals surface area contributed by atoms with E-state index in [1.807, 2.05) is 6.92 Å². The monoisotopic (exact) mass is 194 g/mol. The molecular formula is C10H14N2O2. The second-order valence-corrected chi connectivity index (χ2v) is 3.31. The number of phenols is 1. The van der Waals surface area contributed by atoms with E-state index >= 15 is 0 Å². The quantitative estimate of drug-likeness (QED) is 0.646. The highest BCUT2D eigenvalue weighted by Gasteiger charge is 2.19. The Labute approximate surface area is 82.5 Å². The third-order valence-electron chi connectivity index (χ3n) is 2.29. The molecule has 0 aromatic heterocycles. The van der Waals surface area contributed by atoms with Crippen LogP contribution >= 0.6 is 0 Å². The van der Waals surface area contributed by atoms with Crippen molar-refractivity contribution in [3.8, 4) is 5.75 Å². The topological polar surface area (TPSA) is 89.3 Å². The third-order valence-corrected chi connectivity index (χ3v) is 2.29. The van der Waals surface area contributed by atoms with Gasteiger partial charge in [-0.1, -0.05) is 19.1 Å². The van der Waals surface area contributed by atoms with Crippen LogP contribution in [0.3, 0.4) is 0 Å². The van der Waals surface area contributed by atoms with E-state index in [2.05, 4.69) is 0 Å². The Bertz CT molecular complexity index is 321. The fourth-order valence-electron chi connectivity index (χ4n) is 1.23. The predicted molar refractivity (Wildman–Crippen MR) is 53.7 cm³/mol. The van der Waals surface area contributed by atoms with E-state index in [1.54, 1.807) is 24.3 Å². The lowest BCUT2D eigenvalue weighted by molar-refractivity contribution is -0.119. The average molecular weight is 194 g/mol. The first-order chi connectivity index (χ1) is 6.52. The minimum absolute atomic E-state index is 0.145. The molecule has 1 rings (SSSR count). The molecular weight excluding hydrogens is 180 g/mol. The molecule has 5 N–H and O–H groups in total. The number of amides is 1. The van der Waals surface area contributed by atoms with E-state index in [1.165, 1.54) is 0 Å². The summed E-state index contributed by atoms with van der Waals surface area (Å²) in [7, 11) is 0. The van der Waals surface area contributed by atoms with Crippen molar-refractivity contribution >= 4 is 5.91 Å². The number of carbonyl (C=O) groups excluding carboxylic acids is 1. The van der Waals surface area contributed by atoms with Gasteiger partial charge in [-0.2, -0.15) is 0 Å². The van der Waals surface area contributed by atoms with Crippen LogP contribution in [0.5, 0.6) is 5.75 Å². The number of aromatic hydroxyl groups is 1. The summed E-state index contributed by atoms with van der Waals surface area (Å²) in [6.45, 7) is 1.82. The Kier molecular flexibility index (Phi) is 3.09. The molecule has 0 saturated heterocycles.